The van der Waals surface area contributed by atoms with E-state index < -0.39 is 35.5 Å². The van der Waals surface area contributed by atoms with Crippen LogP contribution in [0.1, 0.15) is 46.1 Å². The molecule has 1 aliphatic heterocycles. The number of carbonyl (C=O) groups is 4. The number of methoxy groups -OCH3 is 2. The van der Waals surface area contributed by atoms with Gasteiger partial charge in [0.1, 0.15) is 18.4 Å². The number of phenols is 1. The molecule has 2 atom stereocenters. The molecule has 4 N–H and O–H groups in total. The van der Waals surface area contributed by atoms with Crippen molar-refractivity contribution in [1.82, 2.24) is 14.8 Å². The summed E-state index contributed by atoms with van der Waals surface area (Å²) < 4.78 is 10.5. The third kappa shape index (κ3) is 8.34. The van der Waals surface area contributed by atoms with Crippen molar-refractivity contribution >= 4 is 52.9 Å². The number of aromatic hydroxyl groups is 1. The highest BCUT2D eigenvalue weighted by atomic mass is 32.2. The van der Waals surface area contributed by atoms with E-state index in [4.69, 9.17) is 15.3 Å². The van der Waals surface area contributed by atoms with Crippen molar-refractivity contribution in [2.45, 2.75) is 58.2 Å². The smallest absolute Gasteiger partial charge is 0.407 e. The Morgan fingerprint density at radius 2 is 1.73 bits per heavy atom. The molecule has 14 heteroatoms. The number of hydrogen-bond donors (Lipinski definition) is 3. The Hall–Kier alpha value is -4.56. The normalized spacial score (nSPS) is 16.4. The molecule has 1 fully saturated rings. The summed E-state index contributed by atoms with van der Waals surface area (Å²) in [5.74, 6) is 4.85. The van der Waals surface area contributed by atoms with Crippen LogP contribution in [0.3, 0.4) is 0 Å². The van der Waals surface area contributed by atoms with Crippen molar-refractivity contribution in [2.24, 2.45) is 10.8 Å². The molecule has 1 unspecified atom stereocenters. The minimum Gasteiger partial charge on any atom is -0.502 e. The number of nitrogens with zero attached hydrogens (tertiary/aromatic N) is 4. The maximum Gasteiger partial charge on any atom is 0.407 e. The highest BCUT2D eigenvalue weighted by Crippen LogP contribution is 2.41. The average Bonchev–Trinajstić information content (AvgIpc) is 3.29. The van der Waals surface area contributed by atoms with Crippen molar-refractivity contribution in [3.8, 4) is 17.2 Å². The third-order valence-electron chi connectivity index (χ3n) is 7.00. The number of aliphatic imine (C=N–C) groups is 1. The van der Waals surface area contributed by atoms with Gasteiger partial charge in [-0.1, -0.05) is 18.2 Å². The van der Waals surface area contributed by atoms with E-state index in [1.165, 1.54) is 43.1 Å². The average molecular weight is 642 g/mol. The molecule has 242 valence electrons. The lowest BCUT2D eigenvalue weighted by molar-refractivity contribution is -0.143. The lowest BCUT2D eigenvalue weighted by Crippen LogP contribution is -2.56. The van der Waals surface area contributed by atoms with Crippen LogP contribution in [0, 0.1) is 0 Å². The molecule has 2 aromatic carbocycles. The molecule has 0 aromatic heterocycles. The second-order valence-electron chi connectivity index (χ2n) is 11.2. The standard InChI is InChI=1S/C31H39N5O8S/c1-19(18-37)36(32)27(39)22(13-10-14-34(30(41)42)31(2,3)4)35-28(40)25(45-29(35)33-21-11-8-7-9-12-21)17-20-15-23(43-5)26(38)24(16-20)44-6/h7-9,11-12,15-19,22,38H,10,13-14,32H2,1-6H3,(H,41,42)/t19?,22-/m0/s1. The van der Waals surface area contributed by atoms with Gasteiger partial charge in [0.25, 0.3) is 11.8 Å². The molecule has 0 bridgehead atoms. The number of amides is 3. The fourth-order valence-electron chi connectivity index (χ4n) is 4.56. The Bertz CT molecular complexity index is 1450. The van der Waals surface area contributed by atoms with Crippen LogP contribution >= 0.6 is 11.8 Å². The molecule has 0 aliphatic carbocycles. The van der Waals surface area contributed by atoms with Gasteiger partial charge in [-0.3, -0.25) is 19.5 Å². The number of carbonyl (C=O) groups excluding carboxylic acids is 3. The molecule has 3 rings (SSSR count). The molecule has 45 heavy (non-hydrogen) atoms. The van der Waals surface area contributed by atoms with Gasteiger partial charge in [0.05, 0.1) is 24.8 Å². The van der Waals surface area contributed by atoms with Crippen molar-refractivity contribution in [1.29, 1.82) is 0 Å². The molecule has 1 aliphatic rings. The number of hydrazine groups is 1. The zero-order valence-corrected chi connectivity index (χ0v) is 26.9. The predicted molar refractivity (Wildman–Crippen MR) is 171 cm³/mol. The van der Waals surface area contributed by atoms with Crippen molar-refractivity contribution in [2.75, 3.05) is 20.8 Å². The van der Waals surface area contributed by atoms with Gasteiger partial charge in [0, 0.05) is 12.1 Å². The van der Waals surface area contributed by atoms with Gasteiger partial charge in [0.2, 0.25) is 5.75 Å². The number of hydrogen-bond acceptors (Lipinski definition) is 10. The van der Waals surface area contributed by atoms with Crippen molar-refractivity contribution in [3.05, 3.63) is 52.9 Å². The fraction of sp³-hybridized carbons (Fsp3) is 0.387. The molecule has 0 spiro atoms. The molecule has 1 saturated heterocycles. The van der Waals surface area contributed by atoms with Crippen LogP contribution in [0.25, 0.3) is 6.08 Å². The maximum absolute atomic E-state index is 14.1. The minimum absolute atomic E-state index is 0.0201. The van der Waals surface area contributed by atoms with Crippen LogP contribution in [-0.2, 0) is 14.4 Å². The quantitative estimate of drug-likeness (QED) is 0.1000. The minimum atomic E-state index is -1.22. The number of amidine groups is 1. The number of benzene rings is 2. The Morgan fingerprint density at radius 1 is 1.13 bits per heavy atom. The summed E-state index contributed by atoms with van der Waals surface area (Å²) in [4.78, 5) is 58.8. The van der Waals surface area contributed by atoms with E-state index in [0.717, 1.165) is 16.8 Å². The second kappa shape index (κ2) is 14.9. The van der Waals surface area contributed by atoms with Gasteiger partial charge in [-0.25, -0.2) is 15.6 Å². The van der Waals surface area contributed by atoms with Crippen LogP contribution in [0.2, 0.25) is 0 Å². The van der Waals surface area contributed by atoms with E-state index >= 15 is 0 Å². The monoisotopic (exact) mass is 641 g/mol. The molecule has 1 heterocycles. The van der Waals surface area contributed by atoms with Crippen LogP contribution in [0.4, 0.5) is 10.5 Å². The van der Waals surface area contributed by atoms with Crippen LogP contribution < -0.4 is 15.3 Å². The van der Waals surface area contributed by atoms with Crippen molar-refractivity contribution < 1.29 is 38.9 Å². The first kappa shape index (κ1) is 34.9. The third-order valence-corrected chi connectivity index (χ3v) is 7.99. The molecule has 13 nitrogen and oxygen atoms in total. The topological polar surface area (TPSA) is 175 Å². The highest BCUT2D eigenvalue weighted by Gasteiger charge is 2.43. The maximum atomic E-state index is 14.1. The van der Waals surface area contributed by atoms with Gasteiger partial charge in [0.15, 0.2) is 16.7 Å². The Labute approximate surface area is 266 Å². The first-order valence-electron chi connectivity index (χ1n) is 14.1. The summed E-state index contributed by atoms with van der Waals surface area (Å²) in [5, 5.41) is 21.1. The van der Waals surface area contributed by atoms with E-state index in [-0.39, 0.29) is 46.7 Å². The first-order chi connectivity index (χ1) is 21.2. The van der Waals surface area contributed by atoms with Crippen molar-refractivity contribution in [3.63, 3.8) is 0 Å². The molecule has 2 aromatic rings. The number of rotatable bonds is 12. The lowest BCUT2D eigenvalue weighted by atomic mass is 10.0. The number of nitrogens with two attached hydrogens (primary N) is 1. The highest BCUT2D eigenvalue weighted by molar-refractivity contribution is 8.18. The molecular formula is C31H39N5O8S. The molecule has 0 radical (unpaired) electrons. The number of aldehydes is 1. The summed E-state index contributed by atoms with van der Waals surface area (Å²) in [7, 11) is 2.76. The summed E-state index contributed by atoms with van der Waals surface area (Å²) in [6, 6.07) is 9.69. The zero-order valence-electron chi connectivity index (χ0n) is 26.1. The SMILES string of the molecule is COc1cc(C=C2SC(=Nc3ccccc3)N([C@@H](CCCN(C(=O)O)C(C)(C)C)C(=O)N(N)C(C)C=O)C2=O)cc(OC)c1O. The van der Waals surface area contributed by atoms with E-state index in [2.05, 4.69) is 4.99 Å². The predicted octanol–water partition coefficient (Wildman–Crippen LogP) is 4.23. The fourth-order valence-corrected chi connectivity index (χ4v) is 5.60. The van der Waals surface area contributed by atoms with E-state index in [0.29, 0.717) is 17.5 Å². The molecular weight excluding hydrogens is 602 g/mol. The summed E-state index contributed by atoms with van der Waals surface area (Å²) in [5.41, 5.74) is 0.283. The lowest BCUT2D eigenvalue weighted by Gasteiger charge is -2.35. The van der Waals surface area contributed by atoms with Gasteiger partial charge < -0.3 is 29.4 Å². The van der Waals surface area contributed by atoms with E-state index in [1.54, 1.807) is 51.1 Å². The molecule has 0 saturated carbocycles. The summed E-state index contributed by atoms with van der Waals surface area (Å²) in [6.07, 6.45) is 1.16. The Balaban J connectivity index is 2.12. The molecule has 3 amide bonds. The van der Waals surface area contributed by atoms with Gasteiger partial charge >= 0.3 is 6.09 Å². The van der Waals surface area contributed by atoms with Crippen LogP contribution in [0.5, 0.6) is 17.2 Å². The van der Waals surface area contributed by atoms with Crippen LogP contribution in [0.15, 0.2) is 52.4 Å². The first-order valence-corrected chi connectivity index (χ1v) is 14.9. The summed E-state index contributed by atoms with van der Waals surface area (Å²) in [6.45, 7) is 6.79. The van der Waals surface area contributed by atoms with E-state index in [9.17, 15) is 29.4 Å². The number of phenolic OH excluding ortho intramolecular Hbond substituents is 1. The Kier molecular flexibility index (Phi) is 11.6. The summed E-state index contributed by atoms with van der Waals surface area (Å²) >= 11 is 1.03. The Morgan fingerprint density at radius 3 is 2.24 bits per heavy atom. The van der Waals surface area contributed by atoms with Gasteiger partial charge in [-0.05, 0) is 88.2 Å². The number of carboxylic acid groups (broad SMARTS) is 1. The van der Waals surface area contributed by atoms with Crippen LogP contribution in [-0.4, -0.2) is 92.8 Å². The largest absolute Gasteiger partial charge is 0.502 e. The van der Waals surface area contributed by atoms with Gasteiger partial charge in [-0.15, -0.1) is 0 Å². The van der Waals surface area contributed by atoms with E-state index in [1.807, 2.05) is 6.07 Å². The zero-order chi connectivity index (χ0) is 33.5. The number of ether oxygens (including phenoxy) is 2. The number of thioether (sulfide) groups is 1. The second-order valence-corrected chi connectivity index (χ2v) is 12.2. The van der Waals surface area contributed by atoms with Gasteiger partial charge in [-0.2, -0.15) is 0 Å². The number of para-hydroxylation sites is 1.